The molecule has 8 aromatic rings. The molecule has 6 aromatic carbocycles. The Hall–Kier alpha value is -5.80. The molecule has 3 nitrogen and oxygen atoms in total. The van der Waals surface area contributed by atoms with E-state index in [2.05, 4.69) is 145 Å². The van der Waals surface area contributed by atoms with Gasteiger partial charge in [0.15, 0.2) is 5.82 Å². The lowest BCUT2D eigenvalue weighted by molar-refractivity contribution is 0.662. The van der Waals surface area contributed by atoms with Gasteiger partial charge in [-0.15, -0.1) is 0 Å². The van der Waals surface area contributed by atoms with Gasteiger partial charge in [0, 0.05) is 40.8 Å². The van der Waals surface area contributed by atoms with Gasteiger partial charge in [-0.25, -0.2) is 9.98 Å². The van der Waals surface area contributed by atoms with Crippen LogP contribution in [0.5, 0.6) is 0 Å². The number of benzene rings is 6. The lowest BCUT2D eigenvalue weighted by Gasteiger charge is -2.32. The number of aromatic nitrogens is 2. The molecule has 0 N–H and O–H groups in total. The first kappa shape index (κ1) is 28.1. The molecule has 3 heteroatoms. The summed E-state index contributed by atoms with van der Waals surface area (Å²) in [5.41, 5.74) is 14.9. The number of aliphatic imine (C=N–C) groups is 1. The predicted octanol–water partition coefficient (Wildman–Crippen LogP) is 12.1. The molecule has 1 aliphatic heterocycles. The molecule has 3 aliphatic rings. The normalized spacial score (nSPS) is 19.0. The SMILES string of the molecule is CC1c2ccccc2-c2cc3c(c4c2C1c1ccccc1-4)c1c2ccccc2ccc1n3C1=Nc2ncccc2[C@@H](c2ccccc2)CCC1. The van der Waals surface area contributed by atoms with Crippen molar-refractivity contribution in [3.63, 3.8) is 0 Å². The number of hydrogen-bond donors (Lipinski definition) is 0. The fourth-order valence-corrected chi connectivity index (χ4v) is 9.81. The minimum atomic E-state index is 0.270. The highest BCUT2D eigenvalue weighted by atomic mass is 15.1. The summed E-state index contributed by atoms with van der Waals surface area (Å²) in [7, 11) is 0. The molecule has 50 heavy (non-hydrogen) atoms. The first-order chi connectivity index (χ1) is 24.8. The Morgan fingerprint density at radius 1 is 0.640 bits per heavy atom. The van der Waals surface area contributed by atoms with E-state index in [0.717, 1.165) is 30.9 Å². The molecule has 2 aromatic heterocycles. The molecule has 3 atom stereocenters. The Kier molecular flexibility index (Phi) is 5.95. The van der Waals surface area contributed by atoms with E-state index < -0.39 is 0 Å². The molecule has 0 radical (unpaired) electrons. The zero-order chi connectivity index (χ0) is 32.9. The minimum absolute atomic E-state index is 0.270. The van der Waals surface area contributed by atoms with E-state index in [1.807, 2.05) is 6.20 Å². The van der Waals surface area contributed by atoms with Crippen molar-refractivity contribution in [2.24, 2.45) is 4.99 Å². The molecule has 0 amide bonds. The maximum absolute atomic E-state index is 5.54. The van der Waals surface area contributed by atoms with Gasteiger partial charge in [-0.1, -0.05) is 122 Å². The van der Waals surface area contributed by atoms with Crippen LogP contribution < -0.4 is 0 Å². The third-order valence-electron chi connectivity index (χ3n) is 11.9. The van der Waals surface area contributed by atoms with Crippen molar-refractivity contribution in [1.29, 1.82) is 0 Å². The van der Waals surface area contributed by atoms with Crippen LogP contribution in [-0.4, -0.2) is 15.4 Å². The van der Waals surface area contributed by atoms with Crippen molar-refractivity contribution >= 4 is 44.2 Å². The summed E-state index contributed by atoms with van der Waals surface area (Å²) in [6, 6.07) is 49.5. The molecule has 0 fully saturated rings. The van der Waals surface area contributed by atoms with Crippen LogP contribution in [0.2, 0.25) is 0 Å². The summed E-state index contributed by atoms with van der Waals surface area (Å²) in [5, 5.41) is 5.24. The van der Waals surface area contributed by atoms with E-state index in [1.54, 1.807) is 0 Å². The summed E-state index contributed by atoms with van der Waals surface area (Å²) in [6.45, 7) is 2.43. The average Bonchev–Trinajstić information content (AvgIpc) is 3.68. The second-order valence-electron chi connectivity index (χ2n) is 14.4. The third-order valence-corrected chi connectivity index (χ3v) is 11.9. The Labute approximate surface area is 291 Å². The van der Waals surface area contributed by atoms with Gasteiger partial charge in [0.05, 0.1) is 11.0 Å². The van der Waals surface area contributed by atoms with Gasteiger partial charge < -0.3 is 0 Å². The van der Waals surface area contributed by atoms with Crippen molar-refractivity contribution < 1.29 is 0 Å². The summed E-state index contributed by atoms with van der Waals surface area (Å²) in [6.07, 6.45) is 4.84. The van der Waals surface area contributed by atoms with Gasteiger partial charge in [-0.2, -0.15) is 0 Å². The molecule has 2 unspecified atom stereocenters. The van der Waals surface area contributed by atoms with E-state index in [4.69, 9.17) is 9.98 Å². The zero-order valence-corrected chi connectivity index (χ0v) is 28.0. The van der Waals surface area contributed by atoms with Crippen molar-refractivity contribution in [2.75, 3.05) is 0 Å². The first-order valence-electron chi connectivity index (χ1n) is 18.1. The highest BCUT2D eigenvalue weighted by Crippen LogP contribution is 2.61. The monoisotopic (exact) mass is 641 g/mol. The number of nitrogens with zero attached hydrogens (tertiary/aromatic N) is 3. The Morgan fingerprint density at radius 2 is 1.40 bits per heavy atom. The third kappa shape index (κ3) is 3.81. The number of fused-ring (bicyclic) bond motifs is 12. The highest BCUT2D eigenvalue weighted by molar-refractivity contribution is 6.29. The van der Waals surface area contributed by atoms with Gasteiger partial charge in [0.25, 0.3) is 0 Å². The molecule has 0 spiro atoms. The van der Waals surface area contributed by atoms with E-state index in [9.17, 15) is 0 Å². The second-order valence-corrected chi connectivity index (χ2v) is 14.4. The smallest absolute Gasteiger partial charge is 0.157 e. The quantitative estimate of drug-likeness (QED) is 0.175. The number of pyridine rings is 1. The molecule has 0 saturated heterocycles. The maximum Gasteiger partial charge on any atom is 0.157 e. The van der Waals surface area contributed by atoms with Gasteiger partial charge in [0.2, 0.25) is 0 Å². The van der Waals surface area contributed by atoms with E-state index in [-0.39, 0.29) is 5.92 Å². The van der Waals surface area contributed by atoms with Crippen LogP contribution in [0.4, 0.5) is 5.82 Å². The van der Waals surface area contributed by atoms with Crippen LogP contribution >= 0.6 is 0 Å². The van der Waals surface area contributed by atoms with Crippen LogP contribution in [-0.2, 0) is 0 Å². The summed E-state index contributed by atoms with van der Waals surface area (Å²) in [5.74, 6) is 2.89. The predicted molar refractivity (Wildman–Crippen MR) is 207 cm³/mol. The Bertz CT molecular complexity index is 2710. The molecule has 0 bridgehead atoms. The fraction of sp³-hybridized carbons (Fsp3) is 0.149. The minimum Gasteiger partial charge on any atom is -0.297 e. The Morgan fingerprint density at radius 3 is 2.30 bits per heavy atom. The van der Waals surface area contributed by atoms with Crippen molar-refractivity contribution in [3.8, 4) is 22.3 Å². The van der Waals surface area contributed by atoms with Crippen molar-refractivity contribution in [3.05, 3.63) is 167 Å². The van der Waals surface area contributed by atoms with Crippen LogP contribution in [0.15, 0.2) is 145 Å². The van der Waals surface area contributed by atoms with Crippen molar-refractivity contribution in [2.45, 2.75) is 43.9 Å². The second kappa shape index (κ2) is 10.6. The van der Waals surface area contributed by atoms with E-state index in [0.29, 0.717) is 11.8 Å². The van der Waals surface area contributed by atoms with E-state index in [1.165, 1.54) is 82.6 Å². The summed E-state index contributed by atoms with van der Waals surface area (Å²) in [4.78, 5) is 10.5. The van der Waals surface area contributed by atoms with Crippen LogP contribution in [0, 0.1) is 0 Å². The van der Waals surface area contributed by atoms with Crippen molar-refractivity contribution in [1.82, 2.24) is 9.55 Å². The Balaban J connectivity index is 1.28. The highest BCUT2D eigenvalue weighted by Gasteiger charge is 2.41. The lowest BCUT2D eigenvalue weighted by atomic mass is 9.71. The van der Waals surface area contributed by atoms with Crippen LogP contribution in [0.3, 0.4) is 0 Å². The largest absolute Gasteiger partial charge is 0.297 e. The molecular weight excluding hydrogens is 607 g/mol. The zero-order valence-electron chi connectivity index (χ0n) is 28.0. The standard InChI is InChI=1S/C47H35N3/c1-28-31-16-7-8-18-34(31)38-27-40-46(44-36-20-10-9-19-35(36)42(28)45(38)44)43-33-17-6-5-15-30(33)24-25-39(43)50(40)41-23-11-21-32(29-13-3-2-4-14-29)37-22-12-26-48-47(37)49-41/h2-10,12-20,22,24-28,32,42H,11,21,23H2,1H3/t28?,32-,42?/m1/s1. The number of rotatable bonds is 1. The topological polar surface area (TPSA) is 30.2 Å². The van der Waals surface area contributed by atoms with Gasteiger partial charge in [0.1, 0.15) is 5.84 Å². The molecule has 2 aliphatic carbocycles. The molecule has 11 rings (SSSR count). The lowest BCUT2D eigenvalue weighted by Crippen LogP contribution is -2.16. The fourth-order valence-electron chi connectivity index (χ4n) is 9.81. The molecule has 3 heterocycles. The molecular formula is C47H35N3. The average molecular weight is 642 g/mol. The van der Waals surface area contributed by atoms with Crippen LogP contribution in [0.25, 0.3) is 54.8 Å². The van der Waals surface area contributed by atoms with Gasteiger partial charge in [-0.05, 0) is 92.2 Å². The van der Waals surface area contributed by atoms with Gasteiger partial charge in [-0.3, -0.25) is 4.57 Å². The molecule has 0 saturated carbocycles. The summed E-state index contributed by atoms with van der Waals surface area (Å²) >= 11 is 0. The number of hydrogen-bond acceptors (Lipinski definition) is 2. The van der Waals surface area contributed by atoms with Gasteiger partial charge >= 0.3 is 0 Å². The summed E-state index contributed by atoms with van der Waals surface area (Å²) < 4.78 is 2.51. The first-order valence-corrected chi connectivity index (χ1v) is 18.1. The molecule has 238 valence electrons. The maximum atomic E-state index is 5.54. The van der Waals surface area contributed by atoms with E-state index >= 15 is 0 Å². The van der Waals surface area contributed by atoms with Crippen LogP contribution in [0.1, 0.15) is 71.8 Å².